The van der Waals surface area contributed by atoms with Gasteiger partial charge in [-0.2, -0.15) is 4.98 Å². The van der Waals surface area contributed by atoms with Crippen molar-refractivity contribution in [3.63, 3.8) is 0 Å². The lowest BCUT2D eigenvalue weighted by molar-refractivity contribution is -0.138. The summed E-state index contributed by atoms with van der Waals surface area (Å²) in [6.07, 6.45) is 2.01. The quantitative estimate of drug-likeness (QED) is 0.288. The summed E-state index contributed by atoms with van der Waals surface area (Å²) in [4.78, 5) is 32.2. The van der Waals surface area contributed by atoms with E-state index in [0.717, 1.165) is 18.5 Å². The van der Waals surface area contributed by atoms with Gasteiger partial charge in [-0.15, -0.1) is 0 Å². The third-order valence-electron chi connectivity index (χ3n) is 5.34. The maximum Gasteiger partial charge on any atom is 0.326 e. The average molecular weight is 534 g/mol. The van der Waals surface area contributed by atoms with Gasteiger partial charge < -0.3 is 24.9 Å². The van der Waals surface area contributed by atoms with E-state index in [9.17, 15) is 14.7 Å². The van der Waals surface area contributed by atoms with Crippen molar-refractivity contribution in [1.82, 2.24) is 15.6 Å². The second-order valence-electron chi connectivity index (χ2n) is 8.15. The molecule has 10 nitrogen and oxygen atoms in total. The highest BCUT2D eigenvalue weighted by molar-refractivity contribution is 6.38. The van der Waals surface area contributed by atoms with Crippen LogP contribution in [0.25, 0.3) is 11.1 Å². The van der Waals surface area contributed by atoms with Crippen molar-refractivity contribution in [2.45, 2.75) is 31.7 Å². The first-order valence-corrected chi connectivity index (χ1v) is 12.2. The fourth-order valence-electron chi connectivity index (χ4n) is 3.56. The number of nitrogens with zero attached hydrogens (tertiary/aromatic N) is 2. The van der Waals surface area contributed by atoms with E-state index in [-0.39, 0.29) is 23.4 Å². The Bertz CT molecular complexity index is 1260. The molecule has 36 heavy (non-hydrogen) atoms. The number of carboxylic acids is 1. The predicted octanol–water partition coefficient (Wildman–Crippen LogP) is 3.87. The smallest absolute Gasteiger partial charge is 0.326 e. The van der Waals surface area contributed by atoms with Crippen LogP contribution in [0, 0.1) is 0 Å². The molecule has 1 aliphatic rings. The van der Waals surface area contributed by atoms with Crippen LogP contribution in [-0.4, -0.2) is 53.7 Å². The number of aromatic nitrogens is 1. The van der Waals surface area contributed by atoms with Gasteiger partial charge in [0.25, 0.3) is 6.01 Å². The Morgan fingerprint density at radius 2 is 2.03 bits per heavy atom. The number of carboxylic acid groups (broad SMARTS) is 1. The number of nitrogens with one attached hydrogen (secondary N) is 3. The minimum Gasteiger partial charge on any atom is -0.494 e. The number of hydrogen-bond donors (Lipinski definition) is 4. The summed E-state index contributed by atoms with van der Waals surface area (Å²) in [5, 5.41) is 18.9. The second-order valence-corrected chi connectivity index (χ2v) is 8.99. The van der Waals surface area contributed by atoms with Gasteiger partial charge in [-0.05, 0) is 42.7 Å². The largest absolute Gasteiger partial charge is 0.494 e. The monoisotopic (exact) mass is 533 g/mol. The lowest BCUT2D eigenvalue weighted by atomic mass is 10.1. The van der Waals surface area contributed by atoms with Crippen LogP contribution < -0.4 is 20.7 Å². The Hall–Kier alpha value is -3.50. The normalized spacial score (nSPS) is 14.0. The molecule has 12 heteroatoms. The van der Waals surface area contributed by atoms with Crippen molar-refractivity contribution >= 4 is 58.2 Å². The van der Waals surface area contributed by atoms with Crippen molar-refractivity contribution in [2.75, 3.05) is 25.0 Å². The molecule has 190 valence electrons. The van der Waals surface area contributed by atoms with Crippen molar-refractivity contribution < 1.29 is 23.8 Å². The maximum atomic E-state index is 12.0. The van der Waals surface area contributed by atoms with Gasteiger partial charge in [0, 0.05) is 31.0 Å². The topological polar surface area (TPSA) is 138 Å². The van der Waals surface area contributed by atoms with Crippen LogP contribution in [0.5, 0.6) is 5.75 Å². The van der Waals surface area contributed by atoms with Gasteiger partial charge in [0.15, 0.2) is 11.5 Å². The molecule has 0 saturated heterocycles. The number of ether oxygens (including phenoxy) is 1. The number of aliphatic carboxylic acids is 1. The number of guanidine groups is 1. The first-order valence-electron chi connectivity index (χ1n) is 11.4. The zero-order valence-electron chi connectivity index (χ0n) is 19.2. The van der Waals surface area contributed by atoms with Gasteiger partial charge >= 0.3 is 5.97 Å². The molecule has 1 amide bonds. The molecule has 1 unspecified atom stereocenters. The summed E-state index contributed by atoms with van der Waals surface area (Å²) in [6, 6.07) is 9.26. The summed E-state index contributed by atoms with van der Waals surface area (Å²) in [5.74, 6) is -0.0167. The molecule has 0 fully saturated rings. The standard InChI is InChI=1S/C24H25Cl2N5O5/c25-15-12-17(26)21-18(13-15)29-24(36-21)30-19(22(33)34)11-14-4-6-16(7-5-14)35-10-1-3-20(32)31-23-27-8-2-9-28-23/h4-7,12-13,19H,1-3,8-11H2,(H,29,30)(H,33,34)(H2,27,28,31,32). The molecule has 1 atom stereocenters. The maximum absolute atomic E-state index is 12.0. The number of aliphatic imine (C=N–C) groups is 1. The van der Waals surface area contributed by atoms with E-state index in [1.165, 1.54) is 6.07 Å². The van der Waals surface area contributed by atoms with Crippen molar-refractivity contribution in [3.05, 3.63) is 52.0 Å². The van der Waals surface area contributed by atoms with E-state index < -0.39 is 12.0 Å². The van der Waals surface area contributed by atoms with Crippen molar-refractivity contribution in [2.24, 2.45) is 4.99 Å². The zero-order valence-corrected chi connectivity index (χ0v) is 20.7. The first kappa shape index (κ1) is 25.6. The molecule has 4 rings (SSSR count). The highest BCUT2D eigenvalue weighted by Crippen LogP contribution is 2.30. The van der Waals surface area contributed by atoms with Gasteiger partial charge in [0.1, 0.15) is 17.3 Å². The minimum absolute atomic E-state index is 0.0388. The average Bonchev–Trinajstić information content (AvgIpc) is 3.26. The van der Waals surface area contributed by atoms with E-state index in [1.807, 2.05) is 0 Å². The van der Waals surface area contributed by atoms with Gasteiger partial charge in [0.05, 0.1) is 11.6 Å². The molecule has 4 N–H and O–H groups in total. The molecular formula is C24H25Cl2N5O5. The number of hydrogen-bond acceptors (Lipinski definition) is 8. The number of amides is 1. The third kappa shape index (κ3) is 7.02. The summed E-state index contributed by atoms with van der Waals surface area (Å²) >= 11 is 12.1. The Morgan fingerprint density at radius 3 is 2.75 bits per heavy atom. The fourth-order valence-corrected chi connectivity index (χ4v) is 4.08. The number of benzene rings is 2. The number of halogens is 2. The van der Waals surface area contributed by atoms with E-state index in [0.29, 0.717) is 53.8 Å². The van der Waals surface area contributed by atoms with Gasteiger partial charge in [-0.3, -0.25) is 15.1 Å². The van der Waals surface area contributed by atoms with E-state index in [1.54, 1.807) is 30.3 Å². The summed E-state index contributed by atoms with van der Waals surface area (Å²) in [6.45, 7) is 1.89. The molecule has 0 bridgehead atoms. The number of fused-ring (bicyclic) bond motifs is 1. The highest BCUT2D eigenvalue weighted by Gasteiger charge is 2.21. The lowest BCUT2D eigenvalue weighted by Gasteiger charge is -2.15. The van der Waals surface area contributed by atoms with Crippen LogP contribution in [0.15, 0.2) is 45.8 Å². The number of carbonyl (C=O) groups excluding carboxylic acids is 1. The summed E-state index contributed by atoms with van der Waals surface area (Å²) < 4.78 is 11.3. The van der Waals surface area contributed by atoms with E-state index >= 15 is 0 Å². The fraction of sp³-hybridized carbons (Fsp3) is 0.333. The molecule has 0 radical (unpaired) electrons. The summed E-state index contributed by atoms with van der Waals surface area (Å²) in [7, 11) is 0. The molecule has 2 aromatic carbocycles. The number of anilines is 1. The molecule has 2 heterocycles. The van der Waals surface area contributed by atoms with Crippen LogP contribution in [0.3, 0.4) is 0 Å². The molecule has 0 saturated carbocycles. The molecule has 0 aliphatic carbocycles. The third-order valence-corrected chi connectivity index (χ3v) is 5.84. The molecule has 1 aliphatic heterocycles. The van der Waals surface area contributed by atoms with Gasteiger partial charge in [-0.1, -0.05) is 35.3 Å². The van der Waals surface area contributed by atoms with E-state index in [4.69, 9.17) is 32.4 Å². The van der Waals surface area contributed by atoms with Gasteiger partial charge in [-0.25, -0.2) is 4.79 Å². The first-order chi connectivity index (χ1) is 17.4. The number of oxazole rings is 1. The molecule has 3 aromatic rings. The number of carbonyl (C=O) groups is 2. The Kier molecular flexibility index (Phi) is 8.50. The van der Waals surface area contributed by atoms with Crippen LogP contribution in [-0.2, 0) is 16.0 Å². The molecular weight excluding hydrogens is 509 g/mol. The van der Waals surface area contributed by atoms with Crippen molar-refractivity contribution in [1.29, 1.82) is 0 Å². The Labute approximate surface area is 217 Å². The van der Waals surface area contributed by atoms with Crippen LogP contribution in [0.4, 0.5) is 6.01 Å². The number of rotatable bonds is 10. The predicted molar refractivity (Wildman–Crippen MR) is 137 cm³/mol. The van der Waals surface area contributed by atoms with Crippen LogP contribution in [0.1, 0.15) is 24.8 Å². The van der Waals surface area contributed by atoms with Crippen LogP contribution in [0.2, 0.25) is 10.0 Å². The van der Waals surface area contributed by atoms with Crippen LogP contribution >= 0.6 is 23.2 Å². The van der Waals surface area contributed by atoms with Crippen molar-refractivity contribution in [3.8, 4) is 5.75 Å². The summed E-state index contributed by atoms with van der Waals surface area (Å²) in [5.41, 5.74) is 1.53. The Balaban J connectivity index is 1.26. The highest BCUT2D eigenvalue weighted by atomic mass is 35.5. The Morgan fingerprint density at radius 1 is 1.22 bits per heavy atom. The zero-order chi connectivity index (χ0) is 25.5. The lowest BCUT2D eigenvalue weighted by Crippen LogP contribution is -2.43. The van der Waals surface area contributed by atoms with Gasteiger partial charge in [0.2, 0.25) is 5.91 Å². The molecule has 0 spiro atoms. The minimum atomic E-state index is -1.06. The van der Waals surface area contributed by atoms with E-state index in [2.05, 4.69) is 25.9 Å². The second kappa shape index (κ2) is 12.0. The SMILES string of the molecule is O=C(CCCOc1ccc(CC(Nc2nc3cc(Cl)cc(Cl)c3o2)C(=O)O)cc1)NC1=NCCCN1. The molecule has 1 aromatic heterocycles.